The average molecular weight is 237 g/mol. The van der Waals surface area contributed by atoms with Gasteiger partial charge in [-0.25, -0.2) is 4.98 Å². The normalized spacial score (nSPS) is 12.5. The molecule has 0 aliphatic carbocycles. The fraction of sp³-hybridized carbons (Fsp3) is 0.615. The van der Waals surface area contributed by atoms with E-state index in [4.69, 9.17) is 0 Å². The molecule has 1 unspecified atom stereocenters. The summed E-state index contributed by atoms with van der Waals surface area (Å²) in [4.78, 5) is 4.41. The molecule has 4 nitrogen and oxygen atoms in total. The van der Waals surface area contributed by atoms with E-state index in [1.807, 2.05) is 32.0 Å². The summed E-state index contributed by atoms with van der Waals surface area (Å²) in [7, 11) is 0. The van der Waals surface area contributed by atoms with Crippen LogP contribution in [0.4, 0.5) is 11.6 Å². The highest BCUT2D eigenvalue weighted by atomic mass is 16.3. The quantitative estimate of drug-likeness (QED) is 0.681. The highest BCUT2D eigenvalue weighted by molar-refractivity contribution is 5.45. The first-order chi connectivity index (χ1) is 8.13. The molecule has 0 aromatic carbocycles. The summed E-state index contributed by atoms with van der Waals surface area (Å²) in [5.74, 6) is 1.92. The molecule has 96 valence electrons. The molecule has 0 saturated carbocycles. The molecule has 0 aliphatic rings. The molecular formula is C13H23N3O. The van der Waals surface area contributed by atoms with Crippen LogP contribution in [-0.4, -0.2) is 29.3 Å². The largest absolute Gasteiger partial charge is 0.391 e. The van der Waals surface area contributed by atoms with Crippen LogP contribution < -0.4 is 10.6 Å². The Hall–Kier alpha value is -1.29. The molecule has 1 heterocycles. The van der Waals surface area contributed by atoms with Gasteiger partial charge in [-0.05, 0) is 24.5 Å². The first kappa shape index (κ1) is 13.8. The van der Waals surface area contributed by atoms with Gasteiger partial charge in [0.05, 0.1) is 6.10 Å². The maximum Gasteiger partial charge on any atom is 0.128 e. The van der Waals surface area contributed by atoms with Crippen LogP contribution in [0.25, 0.3) is 0 Å². The van der Waals surface area contributed by atoms with Gasteiger partial charge in [0.15, 0.2) is 0 Å². The van der Waals surface area contributed by atoms with Crippen LogP contribution in [-0.2, 0) is 0 Å². The molecule has 0 fully saturated rings. The number of aliphatic hydroxyl groups is 1. The van der Waals surface area contributed by atoms with Gasteiger partial charge in [-0.3, -0.25) is 0 Å². The SMILES string of the molecule is CCCNc1cccc(NCC(O)C(C)C)n1. The van der Waals surface area contributed by atoms with Crippen molar-refractivity contribution in [1.82, 2.24) is 4.98 Å². The third kappa shape index (κ3) is 5.04. The number of hydrogen-bond acceptors (Lipinski definition) is 4. The Morgan fingerprint density at radius 1 is 1.24 bits per heavy atom. The number of nitrogens with zero attached hydrogens (tertiary/aromatic N) is 1. The lowest BCUT2D eigenvalue weighted by atomic mass is 10.1. The predicted octanol–water partition coefficient (Wildman–Crippen LogP) is 2.33. The van der Waals surface area contributed by atoms with Crippen molar-refractivity contribution < 1.29 is 5.11 Å². The number of anilines is 2. The van der Waals surface area contributed by atoms with Gasteiger partial charge in [-0.15, -0.1) is 0 Å². The minimum atomic E-state index is -0.343. The molecule has 0 saturated heterocycles. The van der Waals surface area contributed by atoms with Crippen LogP contribution in [0.5, 0.6) is 0 Å². The Balaban J connectivity index is 2.48. The van der Waals surface area contributed by atoms with E-state index in [0.717, 1.165) is 24.6 Å². The lowest BCUT2D eigenvalue weighted by Crippen LogP contribution is -2.25. The van der Waals surface area contributed by atoms with E-state index < -0.39 is 0 Å². The van der Waals surface area contributed by atoms with Crippen LogP contribution in [0, 0.1) is 5.92 Å². The summed E-state index contributed by atoms with van der Waals surface area (Å²) in [6.45, 7) is 7.57. The third-order valence-corrected chi connectivity index (χ3v) is 2.57. The van der Waals surface area contributed by atoms with Gasteiger partial charge >= 0.3 is 0 Å². The fourth-order valence-corrected chi connectivity index (χ4v) is 1.33. The Kier molecular flexibility index (Phi) is 5.77. The monoisotopic (exact) mass is 237 g/mol. The van der Waals surface area contributed by atoms with E-state index in [9.17, 15) is 5.11 Å². The molecule has 1 aromatic rings. The van der Waals surface area contributed by atoms with E-state index in [0.29, 0.717) is 6.54 Å². The van der Waals surface area contributed by atoms with E-state index in [2.05, 4.69) is 22.5 Å². The number of pyridine rings is 1. The van der Waals surface area contributed by atoms with Gasteiger partial charge < -0.3 is 15.7 Å². The smallest absolute Gasteiger partial charge is 0.128 e. The Morgan fingerprint density at radius 2 is 1.88 bits per heavy atom. The maximum absolute atomic E-state index is 9.69. The van der Waals surface area contributed by atoms with Crippen molar-refractivity contribution in [2.24, 2.45) is 5.92 Å². The molecule has 1 rings (SSSR count). The first-order valence-corrected chi connectivity index (χ1v) is 6.26. The number of aliphatic hydroxyl groups excluding tert-OH is 1. The molecule has 0 aliphatic heterocycles. The summed E-state index contributed by atoms with van der Waals surface area (Å²) in [5.41, 5.74) is 0. The second kappa shape index (κ2) is 7.12. The Labute approximate surface area is 103 Å². The second-order valence-corrected chi connectivity index (χ2v) is 4.53. The lowest BCUT2D eigenvalue weighted by Gasteiger charge is -2.15. The molecule has 0 amide bonds. The topological polar surface area (TPSA) is 57.2 Å². The molecule has 0 radical (unpaired) electrons. The van der Waals surface area contributed by atoms with Gasteiger partial charge in [-0.2, -0.15) is 0 Å². The molecule has 1 aromatic heterocycles. The van der Waals surface area contributed by atoms with Crippen LogP contribution in [0.2, 0.25) is 0 Å². The molecule has 1 atom stereocenters. The number of nitrogens with one attached hydrogen (secondary N) is 2. The zero-order valence-corrected chi connectivity index (χ0v) is 10.9. The Morgan fingerprint density at radius 3 is 2.47 bits per heavy atom. The maximum atomic E-state index is 9.69. The van der Waals surface area contributed by atoms with E-state index >= 15 is 0 Å². The molecular weight excluding hydrogens is 214 g/mol. The molecule has 0 spiro atoms. The molecule has 17 heavy (non-hydrogen) atoms. The van der Waals surface area contributed by atoms with Gasteiger partial charge in [0.1, 0.15) is 11.6 Å². The summed E-state index contributed by atoms with van der Waals surface area (Å²) in [5, 5.41) is 16.1. The first-order valence-electron chi connectivity index (χ1n) is 6.26. The van der Waals surface area contributed by atoms with Crippen molar-refractivity contribution in [1.29, 1.82) is 0 Å². The van der Waals surface area contributed by atoms with Crippen LogP contribution in [0.1, 0.15) is 27.2 Å². The van der Waals surface area contributed by atoms with Crippen molar-refractivity contribution in [2.45, 2.75) is 33.3 Å². The standard InChI is InChI=1S/C13H23N3O/c1-4-8-14-12-6-5-7-13(16-12)15-9-11(17)10(2)3/h5-7,10-11,17H,4,8-9H2,1-3H3,(H2,14,15,16). The fourth-order valence-electron chi connectivity index (χ4n) is 1.33. The zero-order valence-electron chi connectivity index (χ0n) is 10.9. The lowest BCUT2D eigenvalue weighted by molar-refractivity contribution is 0.138. The molecule has 3 N–H and O–H groups in total. The van der Waals surface area contributed by atoms with Crippen LogP contribution in [0.15, 0.2) is 18.2 Å². The Bertz CT molecular complexity index is 328. The van der Waals surface area contributed by atoms with Crippen LogP contribution >= 0.6 is 0 Å². The van der Waals surface area contributed by atoms with Crippen molar-refractivity contribution in [2.75, 3.05) is 23.7 Å². The van der Waals surface area contributed by atoms with Gasteiger partial charge in [-0.1, -0.05) is 26.8 Å². The summed E-state index contributed by atoms with van der Waals surface area (Å²) in [6.07, 6.45) is 0.731. The molecule has 4 heteroatoms. The van der Waals surface area contributed by atoms with E-state index in [-0.39, 0.29) is 12.0 Å². The zero-order chi connectivity index (χ0) is 12.7. The third-order valence-electron chi connectivity index (χ3n) is 2.57. The van der Waals surface area contributed by atoms with E-state index in [1.165, 1.54) is 0 Å². The minimum Gasteiger partial charge on any atom is -0.391 e. The van der Waals surface area contributed by atoms with Gasteiger partial charge in [0.25, 0.3) is 0 Å². The second-order valence-electron chi connectivity index (χ2n) is 4.53. The minimum absolute atomic E-state index is 0.254. The van der Waals surface area contributed by atoms with Crippen molar-refractivity contribution in [3.63, 3.8) is 0 Å². The van der Waals surface area contributed by atoms with Crippen molar-refractivity contribution in [3.8, 4) is 0 Å². The summed E-state index contributed by atoms with van der Waals surface area (Å²) in [6, 6.07) is 5.80. The number of aromatic nitrogens is 1. The summed E-state index contributed by atoms with van der Waals surface area (Å²) >= 11 is 0. The summed E-state index contributed by atoms with van der Waals surface area (Å²) < 4.78 is 0. The predicted molar refractivity (Wildman–Crippen MR) is 72.4 cm³/mol. The van der Waals surface area contributed by atoms with Gasteiger partial charge in [0.2, 0.25) is 0 Å². The van der Waals surface area contributed by atoms with Crippen molar-refractivity contribution in [3.05, 3.63) is 18.2 Å². The van der Waals surface area contributed by atoms with Crippen molar-refractivity contribution >= 4 is 11.6 Å². The van der Waals surface area contributed by atoms with E-state index in [1.54, 1.807) is 0 Å². The number of hydrogen-bond donors (Lipinski definition) is 3. The number of rotatable bonds is 7. The molecule has 0 bridgehead atoms. The highest BCUT2D eigenvalue weighted by Gasteiger charge is 2.08. The average Bonchev–Trinajstić information content (AvgIpc) is 2.33. The van der Waals surface area contributed by atoms with Gasteiger partial charge in [0, 0.05) is 13.1 Å². The highest BCUT2D eigenvalue weighted by Crippen LogP contribution is 2.10. The van der Waals surface area contributed by atoms with Crippen LogP contribution in [0.3, 0.4) is 0 Å².